The Hall–Kier alpha value is -0.120. The zero-order valence-corrected chi connectivity index (χ0v) is 12.6. The van der Waals surface area contributed by atoms with Crippen molar-refractivity contribution >= 4 is 0 Å². The standard InChI is InChI=1S/C15H29NO2/c1-14(2)11-6-7-15(14,3)13(8-11)18-10-12(17)9-16(4)5/h11-13,17H,6-10H2,1-5H3/t11-,12-,13+,15-/m1/s1. The fourth-order valence-corrected chi connectivity index (χ4v) is 4.08. The lowest BCUT2D eigenvalue weighted by Gasteiger charge is -2.39. The van der Waals surface area contributed by atoms with Gasteiger partial charge in [-0.2, -0.15) is 0 Å². The first-order chi connectivity index (χ1) is 8.27. The molecular formula is C15H29NO2. The third kappa shape index (κ3) is 2.21. The highest BCUT2D eigenvalue weighted by atomic mass is 16.5. The first-order valence-electron chi connectivity index (χ1n) is 7.22. The van der Waals surface area contributed by atoms with E-state index in [0.717, 1.165) is 5.92 Å². The van der Waals surface area contributed by atoms with Gasteiger partial charge in [-0.25, -0.2) is 0 Å². The molecule has 0 amide bonds. The van der Waals surface area contributed by atoms with E-state index in [1.54, 1.807) is 0 Å². The average Bonchev–Trinajstić information content (AvgIpc) is 2.57. The van der Waals surface area contributed by atoms with Gasteiger partial charge >= 0.3 is 0 Å². The molecule has 106 valence electrons. The van der Waals surface area contributed by atoms with Crippen LogP contribution in [0.1, 0.15) is 40.0 Å². The predicted molar refractivity (Wildman–Crippen MR) is 73.5 cm³/mol. The van der Waals surface area contributed by atoms with Crippen molar-refractivity contribution in [2.45, 2.75) is 52.2 Å². The Labute approximate surface area is 112 Å². The summed E-state index contributed by atoms with van der Waals surface area (Å²) in [6.07, 6.45) is 3.77. The summed E-state index contributed by atoms with van der Waals surface area (Å²) in [6, 6.07) is 0. The largest absolute Gasteiger partial charge is 0.389 e. The van der Waals surface area contributed by atoms with Crippen molar-refractivity contribution < 1.29 is 9.84 Å². The van der Waals surface area contributed by atoms with Crippen molar-refractivity contribution in [3.63, 3.8) is 0 Å². The molecule has 2 saturated carbocycles. The van der Waals surface area contributed by atoms with Crippen LogP contribution in [-0.4, -0.2) is 49.5 Å². The van der Waals surface area contributed by atoms with E-state index in [1.165, 1.54) is 19.3 Å². The molecule has 0 unspecified atom stereocenters. The number of ether oxygens (including phenoxy) is 1. The Balaban J connectivity index is 1.89. The van der Waals surface area contributed by atoms with Crippen LogP contribution in [-0.2, 0) is 4.74 Å². The molecule has 0 aromatic heterocycles. The van der Waals surface area contributed by atoms with Gasteiger partial charge in [0.1, 0.15) is 0 Å². The summed E-state index contributed by atoms with van der Waals surface area (Å²) in [7, 11) is 3.95. The Kier molecular flexibility index (Phi) is 3.79. The second kappa shape index (κ2) is 4.77. The molecule has 2 rings (SSSR count). The first-order valence-corrected chi connectivity index (χ1v) is 7.22. The maximum absolute atomic E-state index is 9.90. The molecule has 3 nitrogen and oxygen atoms in total. The van der Waals surface area contributed by atoms with Crippen LogP contribution in [0.25, 0.3) is 0 Å². The molecule has 0 aromatic carbocycles. The fraction of sp³-hybridized carbons (Fsp3) is 1.00. The van der Waals surface area contributed by atoms with Gasteiger partial charge in [-0.15, -0.1) is 0 Å². The van der Waals surface area contributed by atoms with Crippen molar-refractivity contribution in [1.29, 1.82) is 0 Å². The second-order valence-corrected chi connectivity index (χ2v) is 7.35. The van der Waals surface area contributed by atoms with Crippen LogP contribution in [0.3, 0.4) is 0 Å². The molecule has 0 aliphatic heterocycles. The van der Waals surface area contributed by atoms with Crippen LogP contribution in [0.5, 0.6) is 0 Å². The normalized spacial score (nSPS) is 39.5. The van der Waals surface area contributed by atoms with Crippen molar-refractivity contribution in [1.82, 2.24) is 4.90 Å². The van der Waals surface area contributed by atoms with Crippen molar-refractivity contribution in [2.24, 2.45) is 16.7 Å². The molecule has 3 heteroatoms. The number of nitrogens with zero attached hydrogens (tertiary/aromatic N) is 1. The zero-order valence-electron chi connectivity index (χ0n) is 12.6. The minimum absolute atomic E-state index is 0.301. The number of aliphatic hydroxyl groups excluding tert-OH is 1. The van der Waals surface area contributed by atoms with Gasteiger partial charge in [-0.1, -0.05) is 20.8 Å². The minimum atomic E-state index is -0.370. The fourth-order valence-electron chi connectivity index (χ4n) is 4.08. The summed E-state index contributed by atoms with van der Waals surface area (Å²) in [5, 5.41) is 9.90. The average molecular weight is 255 g/mol. The molecule has 2 fully saturated rings. The van der Waals surface area contributed by atoms with Gasteiger partial charge < -0.3 is 14.7 Å². The van der Waals surface area contributed by atoms with Crippen molar-refractivity contribution in [3.05, 3.63) is 0 Å². The number of rotatable bonds is 5. The van der Waals surface area contributed by atoms with Gasteiger partial charge in [0.25, 0.3) is 0 Å². The van der Waals surface area contributed by atoms with E-state index in [-0.39, 0.29) is 6.10 Å². The second-order valence-electron chi connectivity index (χ2n) is 7.35. The topological polar surface area (TPSA) is 32.7 Å². The predicted octanol–water partition coefficient (Wildman–Crippen LogP) is 2.14. The summed E-state index contributed by atoms with van der Waals surface area (Å²) in [4.78, 5) is 2.00. The smallest absolute Gasteiger partial charge is 0.0900 e. The summed E-state index contributed by atoms with van der Waals surface area (Å²) in [5.74, 6) is 0.804. The molecule has 1 N–H and O–H groups in total. The Morgan fingerprint density at radius 3 is 2.44 bits per heavy atom. The molecule has 2 aliphatic rings. The molecule has 0 radical (unpaired) electrons. The van der Waals surface area contributed by atoms with E-state index in [1.807, 2.05) is 19.0 Å². The maximum atomic E-state index is 9.90. The number of hydrogen-bond acceptors (Lipinski definition) is 3. The highest BCUT2D eigenvalue weighted by molar-refractivity contribution is 5.11. The molecule has 2 aliphatic carbocycles. The van der Waals surface area contributed by atoms with Crippen LogP contribution < -0.4 is 0 Å². The quantitative estimate of drug-likeness (QED) is 0.817. The summed E-state index contributed by atoms with van der Waals surface area (Å²) in [6.45, 7) is 8.31. The molecular weight excluding hydrogens is 226 g/mol. The van der Waals surface area contributed by atoms with Gasteiger partial charge in [-0.05, 0) is 50.1 Å². The van der Waals surface area contributed by atoms with E-state index >= 15 is 0 Å². The van der Waals surface area contributed by atoms with E-state index in [4.69, 9.17) is 4.74 Å². The highest BCUT2D eigenvalue weighted by Crippen LogP contribution is 2.66. The van der Waals surface area contributed by atoms with Crippen molar-refractivity contribution in [2.75, 3.05) is 27.2 Å². The van der Waals surface area contributed by atoms with Crippen LogP contribution in [0.15, 0.2) is 0 Å². The van der Waals surface area contributed by atoms with E-state index in [2.05, 4.69) is 20.8 Å². The molecule has 0 heterocycles. The number of hydrogen-bond donors (Lipinski definition) is 1. The Bertz CT molecular complexity index is 303. The van der Waals surface area contributed by atoms with Gasteiger partial charge in [0.05, 0.1) is 18.8 Å². The Morgan fingerprint density at radius 1 is 1.33 bits per heavy atom. The molecule has 4 atom stereocenters. The van der Waals surface area contributed by atoms with Gasteiger partial charge in [0.15, 0.2) is 0 Å². The van der Waals surface area contributed by atoms with Crippen molar-refractivity contribution in [3.8, 4) is 0 Å². The maximum Gasteiger partial charge on any atom is 0.0900 e. The first kappa shape index (κ1) is 14.3. The Morgan fingerprint density at radius 2 is 2.00 bits per heavy atom. The highest BCUT2D eigenvalue weighted by Gasteiger charge is 2.61. The number of fused-ring (bicyclic) bond motifs is 2. The minimum Gasteiger partial charge on any atom is -0.389 e. The van der Waals surface area contributed by atoms with Crippen LogP contribution >= 0.6 is 0 Å². The third-order valence-corrected chi connectivity index (χ3v) is 5.78. The molecule has 0 aromatic rings. The molecule has 18 heavy (non-hydrogen) atoms. The van der Waals surface area contributed by atoms with Crippen LogP contribution in [0.2, 0.25) is 0 Å². The SMILES string of the molecule is CN(C)C[C@@H](O)CO[C@H]1C[C@H]2CC[C@@]1(C)C2(C)C. The number of likely N-dealkylation sites (N-methyl/N-ethyl adjacent to an activating group) is 1. The molecule has 0 spiro atoms. The summed E-state index contributed by atoms with van der Waals surface area (Å²) in [5.41, 5.74) is 0.694. The van der Waals surface area contributed by atoms with Crippen LogP contribution in [0, 0.1) is 16.7 Å². The zero-order chi connectivity index (χ0) is 13.6. The van der Waals surface area contributed by atoms with Gasteiger partial charge in [0.2, 0.25) is 0 Å². The third-order valence-electron chi connectivity index (χ3n) is 5.78. The van der Waals surface area contributed by atoms with E-state index in [0.29, 0.717) is 30.1 Å². The lowest BCUT2D eigenvalue weighted by atomic mass is 9.70. The van der Waals surface area contributed by atoms with Crippen LogP contribution in [0.4, 0.5) is 0 Å². The van der Waals surface area contributed by atoms with E-state index in [9.17, 15) is 5.11 Å². The van der Waals surface area contributed by atoms with Gasteiger partial charge in [-0.3, -0.25) is 0 Å². The molecule has 2 bridgehead atoms. The lowest BCUT2D eigenvalue weighted by molar-refractivity contribution is -0.0776. The summed E-state index contributed by atoms with van der Waals surface area (Å²) >= 11 is 0. The molecule has 0 saturated heterocycles. The lowest BCUT2D eigenvalue weighted by Crippen LogP contribution is -2.39. The number of aliphatic hydroxyl groups is 1. The monoisotopic (exact) mass is 255 g/mol. The van der Waals surface area contributed by atoms with E-state index < -0.39 is 0 Å². The summed E-state index contributed by atoms with van der Waals surface area (Å²) < 4.78 is 6.06. The van der Waals surface area contributed by atoms with Gasteiger partial charge in [0, 0.05) is 6.54 Å².